The van der Waals surface area contributed by atoms with Gasteiger partial charge in [0.2, 0.25) is 5.90 Å². The molecule has 0 rings (SSSR count). The first kappa shape index (κ1) is 17.8. The third-order valence-electron chi connectivity index (χ3n) is 1.91. The second-order valence-electron chi connectivity index (χ2n) is 3.28. The molecule has 0 radical (unpaired) electrons. The molecule has 0 bridgehead atoms. The largest absolute Gasteiger partial charge is 0.464 e. The number of aliphatic hydroxyl groups is 4. The quantitative estimate of drug-likeness (QED) is 0.184. The normalized spacial score (nSPS) is 18.6. The number of alkyl halides is 3. The molecule has 0 unspecified atom stereocenters. The maximum atomic E-state index is 10.7. The number of halogens is 3. The number of aldehydes is 1. The zero-order valence-electron chi connectivity index (χ0n) is 8.83. The summed E-state index contributed by atoms with van der Waals surface area (Å²) in [6.07, 6.45) is -7.13. The number of carbonyl (C=O) groups is 1. The third kappa shape index (κ3) is 5.23. The second kappa shape index (κ2) is 7.44. The van der Waals surface area contributed by atoms with Crippen LogP contribution in [-0.2, 0) is 9.53 Å². The highest BCUT2D eigenvalue weighted by Crippen LogP contribution is 2.28. The minimum Gasteiger partial charge on any atom is -0.464 e. The molecule has 0 amide bonds. The molecule has 0 aromatic heterocycles. The first-order chi connectivity index (χ1) is 8.15. The van der Waals surface area contributed by atoms with E-state index in [9.17, 15) is 15.0 Å². The molecule has 0 aliphatic heterocycles. The van der Waals surface area contributed by atoms with E-state index in [0.29, 0.717) is 0 Å². The van der Waals surface area contributed by atoms with Gasteiger partial charge < -0.3 is 25.2 Å². The highest BCUT2D eigenvalue weighted by Gasteiger charge is 2.37. The fourth-order valence-electron chi connectivity index (χ4n) is 0.911. The van der Waals surface area contributed by atoms with Gasteiger partial charge in [-0.1, -0.05) is 34.8 Å². The first-order valence-electron chi connectivity index (χ1n) is 4.57. The van der Waals surface area contributed by atoms with E-state index in [1.807, 2.05) is 0 Å². The van der Waals surface area contributed by atoms with Gasteiger partial charge in [-0.05, 0) is 0 Å². The first-order valence-corrected chi connectivity index (χ1v) is 5.71. The van der Waals surface area contributed by atoms with E-state index < -0.39 is 40.7 Å². The Morgan fingerprint density at radius 2 is 1.78 bits per heavy atom. The lowest BCUT2D eigenvalue weighted by molar-refractivity contribution is -0.134. The third-order valence-corrected chi connectivity index (χ3v) is 2.43. The lowest BCUT2D eigenvalue weighted by Gasteiger charge is -2.27. The van der Waals surface area contributed by atoms with Gasteiger partial charge in [0.1, 0.15) is 18.3 Å². The fraction of sp³-hybridized carbons (Fsp3) is 0.750. The van der Waals surface area contributed by atoms with Crippen LogP contribution in [0.3, 0.4) is 0 Å². The van der Waals surface area contributed by atoms with Crippen molar-refractivity contribution in [2.45, 2.75) is 28.2 Å². The van der Waals surface area contributed by atoms with E-state index in [2.05, 4.69) is 4.74 Å². The van der Waals surface area contributed by atoms with Gasteiger partial charge in [-0.3, -0.25) is 10.2 Å². The molecule has 106 valence electrons. The van der Waals surface area contributed by atoms with Crippen molar-refractivity contribution in [2.24, 2.45) is 0 Å². The topological polar surface area (TPSA) is 131 Å². The monoisotopic (exact) mass is 323 g/mol. The number of carbonyl (C=O) groups excluding carboxylic acids is 1. The van der Waals surface area contributed by atoms with Crippen molar-refractivity contribution in [1.82, 2.24) is 0 Å². The van der Waals surface area contributed by atoms with E-state index in [4.69, 9.17) is 50.4 Å². The maximum Gasteiger partial charge on any atom is 0.265 e. The predicted octanol–water partition coefficient (Wildman–Crippen LogP) is -1.01. The van der Waals surface area contributed by atoms with Crippen LogP contribution in [-0.4, -0.2) is 67.4 Å². The average molecular weight is 325 g/mol. The van der Waals surface area contributed by atoms with Gasteiger partial charge in [0.25, 0.3) is 3.79 Å². The average Bonchev–Trinajstić information content (AvgIpc) is 2.31. The summed E-state index contributed by atoms with van der Waals surface area (Å²) in [6.45, 7) is -0.842. The molecule has 5 N–H and O–H groups in total. The van der Waals surface area contributed by atoms with Gasteiger partial charge in [-0.15, -0.1) is 0 Å². The van der Waals surface area contributed by atoms with Crippen LogP contribution >= 0.6 is 34.8 Å². The van der Waals surface area contributed by atoms with Gasteiger partial charge in [0.05, 0.1) is 6.61 Å². The molecule has 0 aromatic carbocycles. The number of ether oxygens (including phenoxy) is 1. The van der Waals surface area contributed by atoms with Gasteiger partial charge >= 0.3 is 0 Å². The molecule has 0 aromatic rings. The summed E-state index contributed by atoms with van der Waals surface area (Å²) in [6, 6.07) is 0. The molecule has 18 heavy (non-hydrogen) atoms. The van der Waals surface area contributed by atoms with Crippen LogP contribution < -0.4 is 0 Å². The van der Waals surface area contributed by atoms with Crippen molar-refractivity contribution < 1.29 is 30.0 Å². The molecular weight excluding hydrogens is 312 g/mol. The molecule has 0 aliphatic rings. The van der Waals surface area contributed by atoms with E-state index in [1.165, 1.54) is 0 Å². The highest BCUT2D eigenvalue weighted by atomic mass is 35.6. The number of hydrogen-bond donors (Lipinski definition) is 5. The van der Waals surface area contributed by atoms with Crippen molar-refractivity contribution in [1.29, 1.82) is 5.41 Å². The lowest BCUT2D eigenvalue weighted by atomic mass is 10.0. The Morgan fingerprint density at radius 1 is 1.28 bits per heavy atom. The van der Waals surface area contributed by atoms with Crippen LogP contribution in [0.15, 0.2) is 0 Å². The molecule has 0 aliphatic carbocycles. The predicted molar refractivity (Wildman–Crippen MR) is 64.1 cm³/mol. The van der Waals surface area contributed by atoms with Gasteiger partial charge in [0.15, 0.2) is 12.4 Å². The molecule has 0 fully saturated rings. The molecule has 7 nitrogen and oxygen atoms in total. The highest BCUT2D eigenvalue weighted by molar-refractivity contribution is 6.76. The Morgan fingerprint density at radius 3 is 2.11 bits per heavy atom. The SMILES string of the molecule is N=C(O[C@H](C=O)[C@@H](O)[C@H](O)[C@H](O)CO)C(Cl)(Cl)Cl. The summed E-state index contributed by atoms with van der Waals surface area (Å²) in [4.78, 5) is 10.7. The summed E-state index contributed by atoms with van der Waals surface area (Å²) < 4.78 is 2.32. The second-order valence-corrected chi connectivity index (χ2v) is 5.56. The van der Waals surface area contributed by atoms with E-state index in [1.54, 1.807) is 0 Å². The summed E-state index contributed by atoms with van der Waals surface area (Å²) in [5, 5.41) is 43.6. The standard InChI is InChI=1S/C8H12Cl3NO6/c9-8(10,11)7(12)18-4(2-14)6(17)5(16)3(15)1-13/h2-6,12-13,15-17H,1H2/t3-,4-,5-,6-/m1/s1. The van der Waals surface area contributed by atoms with Crippen molar-refractivity contribution in [3.05, 3.63) is 0 Å². The summed E-state index contributed by atoms with van der Waals surface area (Å²) in [5.74, 6) is -0.936. The van der Waals surface area contributed by atoms with Crippen LogP contribution in [0.2, 0.25) is 0 Å². The van der Waals surface area contributed by atoms with Gasteiger partial charge in [-0.25, -0.2) is 0 Å². The number of rotatable bonds is 6. The lowest BCUT2D eigenvalue weighted by Crippen LogP contribution is -2.48. The summed E-state index contributed by atoms with van der Waals surface area (Å²) >= 11 is 15.9. The van der Waals surface area contributed by atoms with Crippen molar-refractivity contribution in [2.75, 3.05) is 6.61 Å². The minimum absolute atomic E-state index is 0.0585. The molecule has 0 heterocycles. The van der Waals surface area contributed by atoms with E-state index in [0.717, 1.165) is 0 Å². The molecule has 0 saturated heterocycles. The smallest absolute Gasteiger partial charge is 0.265 e. The van der Waals surface area contributed by atoms with Gasteiger partial charge in [-0.2, -0.15) is 0 Å². The Kier molecular flexibility index (Phi) is 7.38. The molecule has 0 spiro atoms. The van der Waals surface area contributed by atoms with Crippen LogP contribution in [0.25, 0.3) is 0 Å². The Bertz CT molecular complexity index is 297. The van der Waals surface area contributed by atoms with Crippen LogP contribution in [0.4, 0.5) is 0 Å². The molecular formula is C8H12Cl3NO6. The molecule has 4 atom stereocenters. The van der Waals surface area contributed by atoms with Gasteiger partial charge in [0, 0.05) is 0 Å². The Hall–Kier alpha value is -0.150. The summed E-state index contributed by atoms with van der Waals surface area (Å²) in [5.41, 5.74) is 0. The number of aliphatic hydroxyl groups excluding tert-OH is 4. The molecule has 10 heteroatoms. The van der Waals surface area contributed by atoms with Crippen molar-refractivity contribution >= 4 is 47.0 Å². The zero-order chi connectivity index (χ0) is 14.5. The summed E-state index contributed by atoms with van der Waals surface area (Å²) in [7, 11) is 0. The number of nitrogens with one attached hydrogen (secondary N) is 1. The van der Waals surface area contributed by atoms with Crippen LogP contribution in [0, 0.1) is 5.41 Å². The Labute approximate surface area is 117 Å². The zero-order valence-corrected chi connectivity index (χ0v) is 11.1. The van der Waals surface area contributed by atoms with E-state index in [-0.39, 0.29) is 6.29 Å². The molecule has 0 saturated carbocycles. The minimum atomic E-state index is -2.23. The van der Waals surface area contributed by atoms with Crippen LogP contribution in [0.1, 0.15) is 0 Å². The van der Waals surface area contributed by atoms with Crippen molar-refractivity contribution in [3.8, 4) is 0 Å². The Balaban J connectivity index is 4.69. The van der Waals surface area contributed by atoms with E-state index >= 15 is 0 Å². The maximum absolute atomic E-state index is 10.7. The van der Waals surface area contributed by atoms with Crippen molar-refractivity contribution in [3.63, 3.8) is 0 Å². The van der Waals surface area contributed by atoms with Crippen LogP contribution in [0.5, 0.6) is 0 Å². The number of hydrogen-bond acceptors (Lipinski definition) is 7. The fourth-order valence-corrected chi connectivity index (χ4v) is 1.04.